The van der Waals surface area contributed by atoms with Crippen LogP contribution in [0.3, 0.4) is 0 Å². The standard InChI is InChI=1S/C33H27BrN4/c1-20-11-15-24-25-19-23(14-16-27(25)37(32(24)17-20)31-18-22(34)13-12-21(31)2)36-29-9-5-6-10-30(29)38-28-8-4-3-7-26(28)35-33(36)38/h3-16,18-21,31H,17H2,1-2H3. The summed E-state index contributed by atoms with van der Waals surface area (Å²) in [6, 6.07) is 24.3. The molecule has 0 aliphatic heterocycles. The van der Waals surface area contributed by atoms with Gasteiger partial charge in [0.15, 0.2) is 0 Å². The van der Waals surface area contributed by atoms with Crippen LogP contribution < -0.4 is 0 Å². The fraction of sp³-hybridized carbons (Fsp3) is 0.182. The largest absolute Gasteiger partial charge is 0.336 e. The molecule has 0 N–H and O–H groups in total. The predicted octanol–water partition coefficient (Wildman–Crippen LogP) is 8.62. The van der Waals surface area contributed by atoms with Crippen molar-refractivity contribution in [2.45, 2.75) is 26.3 Å². The topological polar surface area (TPSA) is 27.2 Å². The van der Waals surface area contributed by atoms with Gasteiger partial charge in [0, 0.05) is 32.3 Å². The average molecular weight is 560 g/mol. The Kier molecular flexibility index (Phi) is 4.72. The van der Waals surface area contributed by atoms with E-state index in [1.807, 2.05) is 0 Å². The predicted molar refractivity (Wildman–Crippen MR) is 161 cm³/mol. The van der Waals surface area contributed by atoms with Crippen molar-refractivity contribution in [3.05, 3.63) is 107 Å². The van der Waals surface area contributed by atoms with Gasteiger partial charge in [-0.05, 0) is 66.8 Å². The van der Waals surface area contributed by atoms with Crippen LogP contribution in [0, 0.1) is 11.8 Å². The number of imidazole rings is 2. The molecule has 2 aliphatic carbocycles. The lowest BCUT2D eigenvalue weighted by atomic mass is 9.93. The summed E-state index contributed by atoms with van der Waals surface area (Å²) in [4.78, 5) is 5.09. The number of hydrogen-bond acceptors (Lipinski definition) is 1. The highest BCUT2D eigenvalue weighted by atomic mass is 79.9. The molecule has 186 valence electrons. The number of para-hydroxylation sites is 4. The first-order valence-electron chi connectivity index (χ1n) is 13.4. The monoisotopic (exact) mass is 558 g/mol. The molecule has 0 saturated carbocycles. The van der Waals surface area contributed by atoms with Crippen LogP contribution in [0.2, 0.25) is 0 Å². The van der Waals surface area contributed by atoms with E-state index in [1.165, 1.54) is 27.7 Å². The lowest BCUT2D eigenvalue weighted by Gasteiger charge is -2.28. The Morgan fingerprint density at radius 3 is 2.50 bits per heavy atom. The van der Waals surface area contributed by atoms with Crippen molar-refractivity contribution < 1.29 is 0 Å². The first-order chi connectivity index (χ1) is 18.6. The summed E-state index contributed by atoms with van der Waals surface area (Å²) in [5.41, 5.74) is 9.70. The maximum atomic E-state index is 5.09. The van der Waals surface area contributed by atoms with Crippen molar-refractivity contribution in [3.63, 3.8) is 0 Å². The normalized spacial score (nSPS) is 21.1. The number of halogens is 1. The molecule has 2 aliphatic rings. The van der Waals surface area contributed by atoms with Crippen molar-refractivity contribution >= 4 is 60.8 Å². The molecule has 38 heavy (non-hydrogen) atoms. The number of rotatable bonds is 2. The minimum atomic E-state index is 0.280. The SMILES string of the molecule is CC1C=Cc2c(n(C3C=C(Br)C=CC3C)c3ccc(-n4c5ccccc5n5c6ccccc6nc45)cc23)C1. The van der Waals surface area contributed by atoms with E-state index in [2.05, 4.69) is 140 Å². The summed E-state index contributed by atoms with van der Waals surface area (Å²) in [6.45, 7) is 4.63. The lowest BCUT2D eigenvalue weighted by Crippen LogP contribution is -2.20. The smallest absolute Gasteiger partial charge is 0.220 e. The van der Waals surface area contributed by atoms with Crippen molar-refractivity contribution in [3.8, 4) is 5.69 Å². The second kappa shape index (κ2) is 8.08. The van der Waals surface area contributed by atoms with Gasteiger partial charge in [-0.3, -0.25) is 8.97 Å². The van der Waals surface area contributed by atoms with E-state index >= 15 is 0 Å². The zero-order valence-corrected chi connectivity index (χ0v) is 22.9. The Balaban J connectivity index is 1.43. The van der Waals surface area contributed by atoms with Gasteiger partial charge in [-0.1, -0.05) is 78.3 Å². The molecule has 5 heteroatoms. The van der Waals surface area contributed by atoms with Gasteiger partial charge >= 0.3 is 0 Å². The third kappa shape index (κ3) is 3.05. The van der Waals surface area contributed by atoms with Gasteiger partial charge in [0.2, 0.25) is 5.78 Å². The Bertz CT molecular complexity index is 2010. The first-order valence-corrected chi connectivity index (χ1v) is 14.2. The number of aromatic nitrogens is 4. The summed E-state index contributed by atoms with van der Waals surface area (Å²) in [5.74, 6) is 1.89. The quantitative estimate of drug-likeness (QED) is 0.209. The van der Waals surface area contributed by atoms with Crippen LogP contribution in [-0.4, -0.2) is 18.5 Å². The molecule has 4 nitrogen and oxygen atoms in total. The zero-order chi connectivity index (χ0) is 25.5. The molecule has 3 atom stereocenters. The van der Waals surface area contributed by atoms with E-state index < -0.39 is 0 Å². The fourth-order valence-electron chi connectivity index (χ4n) is 6.53. The van der Waals surface area contributed by atoms with Gasteiger partial charge in [-0.25, -0.2) is 4.98 Å². The van der Waals surface area contributed by atoms with Gasteiger partial charge in [0.1, 0.15) is 0 Å². The van der Waals surface area contributed by atoms with Gasteiger partial charge in [-0.2, -0.15) is 0 Å². The highest BCUT2D eigenvalue weighted by Crippen LogP contribution is 2.41. The summed E-state index contributed by atoms with van der Waals surface area (Å²) in [7, 11) is 0. The number of benzene rings is 3. The molecule has 0 bridgehead atoms. The summed E-state index contributed by atoms with van der Waals surface area (Å²) in [6.07, 6.45) is 12.6. The fourth-order valence-corrected chi connectivity index (χ4v) is 6.95. The molecule has 3 heterocycles. The molecular weight excluding hydrogens is 532 g/mol. The molecule has 0 spiro atoms. The average Bonchev–Trinajstić information content (AvgIpc) is 3.56. The van der Waals surface area contributed by atoms with E-state index in [1.54, 1.807) is 0 Å². The minimum absolute atomic E-state index is 0.280. The molecule has 6 aromatic rings. The van der Waals surface area contributed by atoms with Crippen molar-refractivity contribution in [2.75, 3.05) is 0 Å². The number of allylic oxidation sites excluding steroid dienone is 5. The third-order valence-electron chi connectivity index (χ3n) is 8.33. The molecular formula is C33H27BrN4. The molecule has 3 aromatic carbocycles. The van der Waals surface area contributed by atoms with E-state index in [0.717, 1.165) is 38.9 Å². The maximum Gasteiger partial charge on any atom is 0.220 e. The van der Waals surface area contributed by atoms with E-state index in [-0.39, 0.29) is 6.04 Å². The maximum absolute atomic E-state index is 5.09. The molecule has 0 fully saturated rings. The van der Waals surface area contributed by atoms with Crippen molar-refractivity contribution in [1.29, 1.82) is 0 Å². The van der Waals surface area contributed by atoms with Crippen LogP contribution in [0.1, 0.15) is 31.1 Å². The van der Waals surface area contributed by atoms with Crippen LogP contribution in [0.4, 0.5) is 0 Å². The Morgan fingerprint density at radius 2 is 1.63 bits per heavy atom. The van der Waals surface area contributed by atoms with Crippen molar-refractivity contribution in [2.24, 2.45) is 11.8 Å². The van der Waals surface area contributed by atoms with Crippen LogP contribution in [0.5, 0.6) is 0 Å². The summed E-state index contributed by atoms with van der Waals surface area (Å²) in [5, 5.41) is 1.30. The Morgan fingerprint density at radius 1 is 0.842 bits per heavy atom. The van der Waals surface area contributed by atoms with Crippen LogP contribution in [0.15, 0.2) is 95.5 Å². The molecule has 8 rings (SSSR count). The van der Waals surface area contributed by atoms with E-state index in [9.17, 15) is 0 Å². The van der Waals surface area contributed by atoms with E-state index in [4.69, 9.17) is 4.98 Å². The second-order valence-electron chi connectivity index (χ2n) is 10.8. The summed E-state index contributed by atoms with van der Waals surface area (Å²) < 4.78 is 8.35. The van der Waals surface area contributed by atoms with Gasteiger partial charge in [-0.15, -0.1) is 0 Å². The number of fused-ring (bicyclic) bond motifs is 8. The number of nitrogens with zero attached hydrogens (tertiary/aromatic N) is 4. The second-order valence-corrected chi connectivity index (χ2v) is 11.7. The molecule has 0 radical (unpaired) electrons. The van der Waals surface area contributed by atoms with Crippen molar-refractivity contribution in [1.82, 2.24) is 18.5 Å². The third-order valence-corrected chi connectivity index (χ3v) is 8.86. The highest BCUT2D eigenvalue weighted by molar-refractivity contribution is 9.11. The molecule has 3 unspecified atom stereocenters. The highest BCUT2D eigenvalue weighted by Gasteiger charge is 2.28. The van der Waals surface area contributed by atoms with Gasteiger partial charge in [0.05, 0.1) is 28.1 Å². The molecule has 3 aromatic heterocycles. The minimum Gasteiger partial charge on any atom is -0.336 e. The first kappa shape index (κ1) is 22.2. The zero-order valence-electron chi connectivity index (χ0n) is 21.3. The molecule has 0 saturated heterocycles. The van der Waals surface area contributed by atoms with Crippen LogP contribution in [0.25, 0.3) is 50.5 Å². The lowest BCUT2D eigenvalue weighted by molar-refractivity contribution is 0.476. The Labute approximate surface area is 229 Å². The van der Waals surface area contributed by atoms with E-state index in [0.29, 0.717) is 11.8 Å². The summed E-state index contributed by atoms with van der Waals surface area (Å²) >= 11 is 3.75. The van der Waals surface area contributed by atoms with Gasteiger partial charge < -0.3 is 4.57 Å². The number of hydrogen-bond donors (Lipinski definition) is 0. The Hall–Kier alpha value is -3.83. The van der Waals surface area contributed by atoms with Crippen LogP contribution >= 0.6 is 15.9 Å². The molecule has 0 amide bonds. The van der Waals surface area contributed by atoms with Crippen LogP contribution in [-0.2, 0) is 6.42 Å². The van der Waals surface area contributed by atoms with Gasteiger partial charge in [0.25, 0.3) is 0 Å².